The summed E-state index contributed by atoms with van der Waals surface area (Å²) < 4.78 is 6.44. The van der Waals surface area contributed by atoms with Gasteiger partial charge in [0.05, 0.1) is 18.5 Å². The maximum Gasteiger partial charge on any atom is 0.243 e. The van der Waals surface area contributed by atoms with Crippen molar-refractivity contribution in [1.82, 2.24) is 14.8 Å². The Kier molecular flexibility index (Phi) is 4.22. The topological polar surface area (TPSA) is 95.1 Å². The number of nitrogens with two attached hydrogens (primary N) is 1. The number of carbonyl (C=O) groups excluding carboxylic acids is 1. The smallest absolute Gasteiger partial charge is 0.243 e. The molecule has 0 bridgehead atoms. The molecule has 19 heavy (non-hydrogen) atoms. The van der Waals surface area contributed by atoms with Gasteiger partial charge in [-0.15, -0.1) is 0 Å². The van der Waals surface area contributed by atoms with Crippen LogP contribution in [-0.4, -0.2) is 40.4 Å². The summed E-state index contributed by atoms with van der Waals surface area (Å²) in [6.07, 6.45) is 5.00. The first-order valence-electron chi connectivity index (χ1n) is 5.72. The fourth-order valence-corrected chi connectivity index (χ4v) is 1.49. The Bertz CT molecular complexity index is 524. The zero-order chi connectivity index (χ0) is 13.7. The summed E-state index contributed by atoms with van der Waals surface area (Å²) in [4.78, 5) is 15.8. The van der Waals surface area contributed by atoms with Gasteiger partial charge in [0.1, 0.15) is 6.04 Å². The van der Waals surface area contributed by atoms with E-state index in [4.69, 9.17) is 10.5 Å². The summed E-state index contributed by atoms with van der Waals surface area (Å²) in [6.45, 7) is 0.171. The molecule has 7 nitrogen and oxygen atoms in total. The van der Waals surface area contributed by atoms with E-state index in [2.05, 4.69) is 15.4 Å². The van der Waals surface area contributed by atoms with E-state index in [1.807, 2.05) is 0 Å². The highest BCUT2D eigenvalue weighted by Crippen LogP contribution is 2.09. The van der Waals surface area contributed by atoms with Crippen LogP contribution >= 0.6 is 0 Å². The van der Waals surface area contributed by atoms with Gasteiger partial charge in [0.25, 0.3) is 0 Å². The van der Waals surface area contributed by atoms with E-state index in [9.17, 15) is 4.79 Å². The van der Waals surface area contributed by atoms with Gasteiger partial charge in [-0.2, -0.15) is 5.10 Å². The monoisotopic (exact) mass is 261 g/mol. The molecular formula is C12H15N5O2. The highest BCUT2D eigenvalue weighted by atomic mass is 16.5. The fourth-order valence-electron chi connectivity index (χ4n) is 1.49. The van der Waals surface area contributed by atoms with E-state index in [1.54, 1.807) is 41.5 Å². The number of hydrogen-bond acceptors (Lipinski definition) is 5. The van der Waals surface area contributed by atoms with E-state index in [0.29, 0.717) is 11.5 Å². The fraction of sp³-hybridized carbons (Fsp3) is 0.250. The minimum absolute atomic E-state index is 0.171. The molecule has 100 valence electrons. The average molecular weight is 261 g/mol. The van der Waals surface area contributed by atoms with Crippen LogP contribution in [0.2, 0.25) is 0 Å². The van der Waals surface area contributed by atoms with Crippen molar-refractivity contribution in [1.29, 1.82) is 0 Å². The molecule has 0 aliphatic carbocycles. The first-order valence-corrected chi connectivity index (χ1v) is 5.72. The molecule has 0 spiro atoms. The normalized spacial score (nSPS) is 12.1. The Morgan fingerprint density at radius 1 is 1.58 bits per heavy atom. The summed E-state index contributed by atoms with van der Waals surface area (Å²) in [6, 6.07) is 4.60. The zero-order valence-corrected chi connectivity index (χ0v) is 10.5. The first-order chi connectivity index (χ1) is 9.20. The molecule has 7 heteroatoms. The molecule has 2 heterocycles. The highest BCUT2D eigenvalue weighted by Gasteiger charge is 2.13. The molecule has 2 aromatic heterocycles. The van der Waals surface area contributed by atoms with Gasteiger partial charge >= 0.3 is 0 Å². The van der Waals surface area contributed by atoms with Crippen molar-refractivity contribution in [2.75, 3.05) is 19.0 Å². The molecule has 0 aliphatic rings. The van der Waals surface area contributed by atoms with Gasteiger partial charge in [0.2, 0.25) is 5.91 Å². The van der Waals surface area contributed by atoms with Gasteiger partial charge in [-0.3, -0.25) is 4.79 Å². The zero-order valence-electron chi connectivity index (χ0n) is 10.5. The van der Waals surface area contributed by atoms with Crippen LogP contribution in [0.15, 0.2) is 36.8 Å². The molecule has 1 unspecified atom stereocenters. The molecule has 0 saturated carbocycles. The molecule has 3 N–H and O–H groups in total. The number of aromatic nitrogens is 3. The lowest BCUT2D eigenvalue weighted by atomic mass is 10.3. The van der Waals surface area contributed by atoms with Gasteiger partial charge in [0.15, 0.2) is 5.82 Å². The van der Waals surface area contributed by atoms with Crippen molar-refractivity contribution >= 4 is 11.6 Å². The van der Waals surface area contributed by atoms with Crippen LogP contribution in [-0.2, 0) is 9.53 Å². The lowest BCUT2D eigenvalue weighted by Crippen LogP contribution is -2.39. The minimum Gasteiger partial charge on any atom is -0.383 e. The van der Waals surface area contributed by atoms with Gasteiger partial charge in [-0.1, -0.05) is 0 Å². The Balaban J connectivity index is 2.01. The van der Waals surface area contributed by atoms with Crippen molar-refractivity contribution < 1.29 is 9.53 Å². The van der Waals surface area contributed by atoms with Crippen molar-refractivity contribution in [3.8, 4) is 5.82 Å². The lowest BCUT2D eigenvalue weighted by molar-refractivity contribution is -0.118. The standard InChI is InChI=1S/C12H15N5O2/c1-19-8-10(13)12(18)16-9-3-4-11(14-7-9)17-6-2-5-15-17/h2-7,10H,8,13H2,1H3,(H,16,18). The molecule has 0 fully saturated rings. The average Bonchev–Trinajstić information content (AvgIpc) is 2.94. The summed E-state index contributed by atoms with van der Waals surface area (Å²) in [5, 5.41) is 6.72. The van der Waals surface area contributed by atoms with Crippen molar-refractivity contribution in [2.45, 2.75) is 6.04 Å². The second-order valence-corrected chi connectivity index (χ2v) is 3.91. The molecule has 2 rings (SSSR count). The molecule has 0 aliphatic heterocycles. The molecule has 1 amide bonds. The van der Waals surface area contributed by atoms with Crippen LogP contribution in [0.3, 0.4) is 0 Å². The van der Waals surface area contributed by atoms with Crippen LogP contribution in [0, 0.1) is 0 Å². The van der Waals surface area contributed by atoms with Crippen molar-refractivity contribution in [2.24, 2.45) is 5.73 Å². The maximum atomic E-state index is 11.7. The second-order valence-electron chi connectivity index (χ2n) is 3.91. The quantitative estimate of drug-likeness (QED) is 0.800. The summed E-state index contributed by atoms with van der Waals surface area (Å²) in [5.41, 5.74) is 6.19. The Morgan fingerprint density at radius 3 is 3.00 bits per heavy atom. The number of amides is 1. The lowest BCUT2D eigenvalue weighted by Gasteiger charge is -2.11. The molecule has 0 aromatic carbocycles. The van der Waals surface area contributed by atoms with Gasteiger partial charge in [-0.25, -0.2) is 9.67 Å². The number of nitrogens with one attached hydrogen (secondary N) is 1. The van der Waals surface area contributed by atoms with E-state index >= 15 is 0 Å². The van der Waals surface area contributed by atoms with Crippen molar-refractivity contribution in [3.05, 3.63) is 36.8 Å². The number of anilines is 1. The Labute approximate surface area is 110 Å². The van der Waals surface area contributed by atoms with Gasteiger partial charge < -0.3 is 15.8 Å². The third-order valence-electron chi connectivity index (χ3n) is 2.44. The van der Waals surface area contributed by atoms with Crippen LogP contribution in [0.4, 0.5) is 5.69 Å². The molecule has 1 atom stereocenters. The molecule has 0 saturated heterocycles. The highest BCUT2D eigenvalue weighted by molar-refractivity contribution is 5.94. The van der Waals surface area contributed by atoms with Gasteiger partial charge in [-0.05, 0) is 18.2 Å². The van der Waals surface area contributed by atoms with Gasteiger partial charge in [0, 0.05) is 19.5 Å². The van der Waals surface area contributed by atoms with E-state index in [-0.39, 0.29) is 12.5 Å². The summed E-state index contributed by atoms with van der Waals surface area (Å²) in [5.74, 6) is 0.361. The number of nitrogens with zero attached hydrogens (tertiary/aromatic N) is 3. The third kappa shape index (κ3) is 3.36. The van der Waals surface area contributed by atoms with Crippen LogP contribution < -0.4 is 11.1 Å². The number of pyridine rings is 1. The number of hydrogen-bond donors (Lipinski definition) is 2. The van der Waals surface area contributed by atoms with Crippen LogP contribution in [0.1, 0.15) is 0 Å². The summed E-state index contributed by atoms with van der Waals surface area (Å²) >= 11 is 0. The Hall–Kier alpha value is -2.25. The maximum absolute atomic E-state index is 11.7. The minimum atomic E-state index is -0.698. The molecular weight excluding hydrogens is 246 g/mol. The molecule has 0 radical (unpaired) electrons. The number of carbonyl (C=O) groups is 1. The van der Waals surface area contributed by atoms with Crippen molar-refractivity contribution in [3.63, 3.8) is 0 Å². The van der Waals surface area contributed by atoms with E-state index in [1.165, 1.54) is 7.11 Å². The van der Waals surface area contributed by atoms with E-state index < -0.39 is 6.04 Å². The summed E-state index contributed by atoms with van der Waals surface area (Å²) in [7, 11) is 1.49. The Morgan fingerprint density at radius 2 is 2.42 bits per heavy atom. The number of methoxy groups -OCH3 is 1. The third-order valence-corrected chi connectivity index (χ3v) is 2.44. The number of ether oxygens (including phenoxy) is 1. The predicted molar refractivity (Wildman–Crippen MR) is 69.8 cm³/mol. The number of rotatable bonds is 5. The van der Waals surface area contributed by atoms with E-state index in [0.717, 1.165) is 0 Å². The molecule has 2 aromatic rings. The van der Waals surface area contributed by atoms with Crippen LogP contribution in [0.25, 0.3) is 5.82 Å². The first kappa shape index (κ1) is 13.2. The SMILES string of the molecule is COCC(N)C(=O)Nc1ccc(-n2cccn2)nc1. The van der Waals surface area contributed by atoms with Crippen LogP contribution in [0.5, 0.6) is 0 Å². The predicted octanol–water partition coefficient (Wildman–Crippen LogP) is 0.179. The largest absolute Gasteiger partial charge is 0.383 e. The second kappa shape index (κ2) is 6.07.